The molecule has 114 valence electrons. The Hall–Kier alpha value is -1.71. The maximum absolute atomic E-state index is 13.8. The number of methoxy groups -OCH3 is 2. The van der Waals surface area contributed by atoms with Crippen LogP contribution in [0.15, 0.2) is 6.07 Å². The average Bonchev–Trinajstić information content (AvgIpc) is 2.41. The standard InChI is InChI=1S/C11H11ClFN3O4S/c1-19-10-11(20-2)16-9-5(4-21(14,17)18)8(12)6(13)3-7(9)15-10/h3H,4H2,1-2H3,(H2,14,17,18). The summed E-state index contributed by atoms with van der Waals surface area (Å²) in [5.74, 6) is -1.45. The SMILES string of the molecule is COc1nc2cc(F)c(Cl)c(CS(N)(=O)=O)c2nc1OC. The molecule has 21 heavy (non-hydrogen) atoms. The maximum Gasteiger partial charge on any atom is 0.278 e. The Kier molecular flexibility index (Phi) is 4.17. The van der Waals surface area contributed by atoms with Gasteiger partial charge in [-0.1, -0.05) is 11.6 Å². The first-order valence-electron chi connectivity index (χ1n) is 5.54. The second kappa shape index (κ2) is 5.58. The number of primary sulfonamides is 1. The summed E-state index contributed by atoms with van der Waals surface area (Å²) in [6.45, 7) is 0. The zero-order chi connectivity index (χ0) is 15.8. The fourth-order valence-corrected chi connectivity index (χ4v) is 2.74. The van der Waals surface area contributed by atoms with Crippen molar-refractivity contribution in [3.05, 3.63) is 22.5 Å². The van der Waals surface area contributed by atoms with E-state index in [4.69, 9.17) is 26.2 Å². The number of sulfonamides is 1. The van der Waals surface area contributed by atoms with E-state index >= 15 is 0 Å². The number of benzene rings is 1. The van der Waals surface area contributed by atoms with E-state index in [1.165, 1.54) is 14.2 Å². The van der Waals surface area contributed by atoms with E-state index in [-0.39, 0.29) is 33.4 Å². The van der Waals surface area contributed by atoms with E-state index in [9.17, 15) is 12.8 Å². The third-order valence-corrected chi connectivity index (χ3v) is 3.72. The molecule has 0 spiro atoms. The molecule has 0 aliphatic heterocycles. The van der Waals surface area contributed by atoms with Crippen LogP contribution in [0.2, 0.25) is 5.02 Å². The van der Waals surface area contributed by atoms with Crippen molar-refractivity contribution in [2.24, 2.45) is 5.14 Å². The minimum absolute atomic E-state index is 0.0170. The number of hydrogen-bond acceptors (Lipinski definition) is 6. The topological polar surface area (TPSA) is 104 Å². The largest absolute Gasteiger partial charge is 0.477 e. The molecule has 10 heteroatoms. The summed E-state index contributed by atoms with van der Waals surface area (Å²) in [7, 11) is -1.25. The molecular weight excluding hydrogens is 325 g/mol. The fraction of sp³-hybridized carbons (Fsp3) is 0.273. The van der Waals surface area contributed by atoms with Gasteiger partial charge >= 0.3 is 0 Å². The maximum atomic E-state index is 13.8. The van der Waals surface area contributed by atoms with Gasteiger partial charge in [-0.15, -0.1) is 0 Å². The summed E-state index contributed by atoms with van der Waals surface area (Å²) in [6, 6.07) is 1.03. The second-order valence-corrected chi connectivity index (χ2v) is 6.06. The molecule has 0 bridgehead atoms. The predicted octanol–water partition coefficient (Wildman–Crippen LogP) is 1.23. The Balaban J connectivity index is 2.84. The molecule has 2 aromatic rings. The van der Waals surface area contributed by atoms with E-state index in [2.05, 4.69) is 9.97 Å². The van der Waals surface area contributed by atoms with Crippen molar-refractivity contribution >= 4 is 32.7 Å². The number of fused-ring (bicyclic) bond motifs is 1. The van der Waals surface area contributed by atoms with Gasteiger partial charge in [0.2, 0.25) is 10.0 Å². The molecular formula is C11H11ClFN3O4S. The van der Waals surface area contributed by atoms with Gasteiger partial charge in [0.1, 0.15) is 5.82 Å². The molecule has 1 heterocycles. The summed E-state index contributed by atoms with van der Waals surface area (Å²) < 4.78 is 46.3. The molecule has 0 amide bonds. The van der Waals surface area contributed by atoms with Crippen molar-refractivity contribution in [3.63, 3.8) is 0 Å². The van der Waals surface area contributed by atoms with E-state index in [0.29, 0.717) is 0 Å². The lowest BCUT2D eigenvalue weighted by molar-refractivity contribution is 0.334. The average molecular weight is 336 g/mol. The highest BCUT2D eigenvalue weighted by molar-refractivity contribution is 7.88. The molecule has 0 saturated carbocycles. The molecule has 0 radical (unpaired) electrons. The van der Waals surface area contributed by atoms with E-state index in [1.807, 2.05) is 0 Å². The van der Waals surface area contributed by atoms with Crippen LogP contribution in [0.5, 0.6) is 11.8 Å². The van der Waals surface area contributed by atoms with Gasteiger partial charge in [-0.25, -0.2) is 27.9 Å². The van der Waals surface area contributed by atoms with E-state index in [1.54, 1.807) is 0 Å². The van der Waals surface area contributed by atoms with Gasteiger partial charge in [0, 0.05) is 11.6 Å². The lowest BCUT2D eigenvalue weighted by Crippen LogP contribution is -2.16. The second-order valence-electron chi connectivity index (χ2n) is 4.07. The number of aromatic nitrogens is 2. The Morgan fingerprint density at radius 2 is 1.86 bits per heavy atom. The molecule has 1 aromatic carbocycles. The zero-order valence-corrected chi connectivity index (χ0v) is 12.6. The Morgan fingerprint density at radius 1 is 1.29 bits per heavy atom. The van der Waals surface area contributed by atoms with Gasteiger partial charge in [-0.2, -0.15) is 0 Å². The molecule has 0 aliphatic carbocycles. The molecule has 2 N–H and O–H groups in total. The van der Waals surface area contributed by atoms with Crippen LogP contribution in [0.1, 0.15) is 5.56 Å². The first kappa shape index (κ1) is 15.7. The van der Waals surface area contributed by atoms with E-state index in [0.717, 1.165) is 6.07 Å². The zero-order valence-electron chi connectivity index (χ0n) is 11.1. The van der Waals surface area contributed by atoms with Crippen molar-refractivity contribution in [1.29, 1.82) is 0 Å². The summed E-state index contributed by atoms with van der Waals surface area (Å²) in [5, 5.41) is 4.61. The highest BCUT2D eigenvalue weighted by Crippen LogP contribution is 2.32. The van der Waals surface area contributed by atoms with Crippen LogP contribution in [0.25, 0.3) is 11.0 Å². The molecule has 1 aromatic heterocycles. The van der Waals surface area contributed by atoms with Gasteiger partial charge < -0.3 is 9.47 Å². The smallest absolute Gasteiger partial charge is 0.278 e. The van der Waals surface area contributed by atoms with Gasteiger partial charge in [0.25, 0.3) is 11.8 Å². The minimum atomic E-state index is -3.93. The molecule has 2 rings (SSSR count). The molecule has 0 fully saturated rings. The van der Waals surface area contributed by atoms with Gasteiger partial charge in [-0.3, -0.25) is 0 Å². The Bertz CT molecular complexity index is 813. The van der Waals surface area contributed by atoms with Crippen molar-refractivity contribution in [2.45, 2.75) is 5.75 Å². The predicted molar refractivity (Wildman–Crippen MR) is 74.4 cm³/mol. The third kappa shape index (κ3) is 3.14. The molecule has 0 atom stereocenters. The number of hydrogen-bond donors (Lipinski definition) is 1. The van der Waals surface area contributed by atoms with Crippen LogP contribution >= 0.6 is 11.6 Å². The number of ether oxygens (including phenoxy) is 2. The Morgan fingerprint density at radius 3 is 2.38 bits per heavy atom. The number of rotatable bonds is 4. The van der Waals surface area contributed by atoms with Crippen LogP contribution in [0.4, 0.5) is 4.39 Å². The molecule has 0 aliphatic rings. The fourth-order valence-electron chi connectivity index (χ4n) is 1.77. The highest BCUT2D eigenvalue weighted by atomic mass is 35.5. The lowest BCUT2D eigenvalue weighted by Gasteiger charge is -2.11. The van der Waals surface area contributed by atoms with E-state index < -0.39 is 21.6 Å². The first-order valence-corrected chi connectivity index (χ1v) is 7.63. The lowest BCUT2D eigenvalue weighted by atomic mass is 10.2. The van der Waals surface area contributed by atoms with Gasteiger partial charge in [0.15, 0.2) is 0 Å². The quantitative estimate of drug-likeness (QED) is 0.901. The van der Waals surface area contributed by atoms with Gasteiger partial charge in [0.05, 0.1) is 36.0 Å². The van der Waals surface area contributed by atoms with Gasteiger partial charge in [-0.05, 0) is 0 Å². The summed E-state index contributed by atoms with van der Waals surface area (Å²) >= 11 is 5.81. The van der Waals surface area contributed by atoms with Crippen molar-refractivity contribution in [1.82, 2.24) is 9.97 Å². The summed E-state index contributed by atoms with van der Waals surface area (Å²) in [5.41, 5.74) is 0.0731. The summed E-state index contributed by atoms with van der Waals surface area (Å²) in [6.07, 6.45) is 0. The molecule has 7 nitrogen and oxygen atoms in total. The Labute approximate surface area is 124 Å². The summed E-state index contributed by atoms with van der Waals surface area (Å²) in [4.78, 5) is 8.08. The van der Waals surface area contributed by atoms with Crippen molar-refractivity contribution in [2.75, 3.05) is 14.2 Å². The van der Waals surface area contributed by atoms with Crippen LogP contribution in [-0.2, 0) is 15.8 Å². The van der Waals surface area contributed by atoms with Crippen molar-refractivity contribution in [3.8, 4) is 11.8 Å². The van der Waals surface area contributed by atoms with Crippen LogP contribution in [0.3, 0.4) is 0 Å². The number of nitrogens with zero attached hydrogens (tertiary/aromatic N) is 2. The van der Waals surface area contributed by atoms with Crippen LogP contribution in [0, 0.1) is 5.82 Å². The molecule has 0 saturated heterocycles. The minimum Gasteiger partial charge on any atom is -0.477 e. The number of halogens is 2. The van der Waals surface area contributed by atoms with Crippen molar-refractivity contribution < 1.29 is 22.3 Å². The first-order chi connectivity index (χ1) is 9.76. The van der Waals surface area contributed by atoms with Crippen LogP contribution < -0.4 is 14.6 Å². The number of nitrogens with two attached hydrogens (primary N) is 1. The van der Waals surface area contributed by atoms with Crippen LogP contribution in [-0.4, -0.2) is 32.6 Å². The third-order valence-electron chi connectivity index (χ3n) is 2.62. The highest BCUT2D eigenvalue weighted by Gasteiger charge is 2.21. The normalized spacial score (nSPS) is 11.7. The monoisotopic (exact) mass is 335 g/mol. The molecule has 0 unspecified atom stereocenters.